The average molecular weight is 444 g/mol. The molecular weight excluding hydrogens is 422 g/mol. The van der Waals surface area contributed by atoms with Gasteiger partial charge in [-0.1, -0.05) is 30.3 Å². The lowest BCUT2D eigenvalue weighted by Gasteiger charge is -2.41. The van der Waals surface area contributed by atoms with Crippen molar-refractivity contribution in [1.29, 1.82) is 0 Å². The predicted molar refractivity (Wildman–Crippen MR) is 117 cm³/mol. The maximum atomic E-state index is 12.9. The highest BCUT2D eigenvalue weighted by Crippen LogP contribution is 2.41. The fraction of sp³-hybridized carbons (Fsp3) is 0.286. The van der Waals surface area contributed by atoms with Crippen molar-refractivity contribution in [1.82, 2.24) is 19.3 Å². The van der Waals surface area contributed by atoms with Crippen molar-refractivity contribution in [2.24, 2.45) is 5.73 Å². The van der Waals surface area contributed by atoms with Crippen LogP contribution in [-0.4, -0.2) is 38.3 Å². The molecule has 2 N–H and O–H groups in total. The van der Waals surface area contributed by atoms with E-state index in [1.54, 1.807) is 11.3 Å². The van der Waals surface area contributed by atoms with Gasteiger partial charge in [-0.3, -0.25) is 9.20 Å². The van der Waals surface area contributed by atoms with Crippen LogP contribution in [-0.2, 0) is 12.0 Å². The molecule has 4 aromatic rings. The third-order valence-corrected chi connectivity index (χ3v) is 6.53. The number of carbonyl (C=O) groups is 1. The third-order valence-electron chi connectivity index (χ3n) is 5.76. The Labute approximate surface area is 184 Å². The number of hydrogen-bond acceptors (Lipinski definition) is 6. The Bertz CT molecular complexity index is 1120. The van der Waals surface area contributed by atoms with Gasteiger partial charge in [0.15, 0.2) is 10.7 Å². The van der Waals surface area contributed by atoms with Crippen LogP contribution in [0.1, 0.15) is 40.5 Å². The van der Waals surface area contributed by atoms with Gasteiger partial charge in [0.2, 0.25) is 5.89 Å². The van der Waals surface area contributed by atoms with Gasteiger partial charge in [-0.05, 0) is 18.4 Å². The van der Waals surface area contributed by atoms with Crippen molar-refractivity contribution < 1.29 is 9.21 Å². The van der Waals surface area contributed by atoms with Crippen molar-refractivity contribution in [3.05, 3.63) is 77.2 Å². The summed E-state index contributed by atoms with van der Waals surface area (Å²) in [4.78, 5) is 24.8. The van der Waals surface area contributed by atoms with Crippen LogP contribution in [0.25, 0.3) is 4.96 Å². The fourth-order valence-corrected chi connectivity index (χ4v) is 4.86. The van der Waals surface area contributed by atoms with Crippen LogP contribution in [0.2, 0.25) is 0 Å². The van der Waals surface area contributed by atoms with Crippen LogP contribution in [0, 0.1) is 0 Å². The van der Waals surface area contributed by atoms with Crippen LogP contribution in [0.15, 0.2) is 58.8 Å². The van der Waals surface area contributed by atoms with Gasteiger partial charge in [0.25, 0.3) is 5.91 Å². The zero-order valence-corrected chi connectivity index (χ0v) is 17.9. The molecule has 0 saturated carbocycles. The van der Waals surface area contributed by atoms with Gasteiger partial charge in [0, 0.05) is 36.3 Å². The molecule has 0 spiro atoms. The number of nitrogens with two attached hydrogens (primary N) is 1. The number of amides is 1. The highest BCUT2D eigenvalue weighted by atomic mass is 35.5. The van der Waals surface area contributed by atoms with Gasteiger partial charge in [0.05, 0.1) is 12.2 Å². The minimum Gasteiger partial charge on any atom is -0.447 e. The molecule has 30 heavy (non-hydrogen) atoms. The predicted octanol–water partition coefficient (Wildman–Crippen LogP) is 3.49. The smallest absolute Gasteiger partial charge is 0.275 e. The molecule has 0 radical (unpaired) electrons. The van der Waals surface area contributed by atoms with Gasteiger partial charge in [-0.25, -0.2) is 9.97 Å². The number of imidazole rings is 1. The molecule has 0 atom stereocenters. The van der Waals surface area contributed by atoms with Crippen LogP contribution in [0.4, 0.5) is 0 Å². The van der Waals surface area contributed by atoms with E-state index in [0.717, 1.165) is 23.5 Å². The molecule has 1 aliphatic heterocycles. The number of piperidine rings is 1. The maximum absolute atomic E-state index is 12.9. The number of oxazole rings is 1. The number of benzene rings is 1. The number of nitrogens with zero attached hydrogens (tertiary/aromatic N) is 4. The Morgan fingerprint density at radius 3 is 2.63 bits per heavy atom. The van der Waals surface area contributed by atoms with Crippen molar-refractivity contribution in [2.45, 2.75) is 24.8 Å². The molecule has 156 valence electrons. The number of aromatic nitrogens is 3. The lowest BCUT2D eigenvalue weighted by molar-refractivity contribution is 0.0678. The van der Waals surface area contributed by atoms with Crippen LogP contribution in [0.3, 0.4) is 0 Å². The van der Waals surface area contributed by atoms with E-state index >= 15 is 0 Å². The Hall–Kier alpha value is -2.68. The summed E-state index contributed by atoms with van der Waals surface area (Å²) >= 11 is 1.63. The molecule has 3 aromatic heterocycles. The first-order chi connectivity index (χ1) is 14.2. The van der Waals surface area contributed by atoms with Gasteiger partial charge in [-0.2, -0.15) is 0 Å². The maximum Gasteiger partial charge on any atom is 0.275 e. The number of rotatable bonds is 4. The summed E-state index contributed by atoms with van der Waals surface area (Å²) in [6.07, 6.45) is 7.16. The SMILES string of the molecule is Cl.NCc1nc(C(=O)N2CCC(c3ccccc3)(c3cn4ccsc4n3)CC2)co1. The van der Waals surface area contributed by atoms with Gasteiger partial charge >= 0.3 is 0 Å². The summed E-state index contributed by atoms with van der Waals surface area (Å²) in [5.41, 5.74) is 7.95. The monoisotopic (exact) mass is 443 g/mol. The second kappa shape index (κ2) is 8.22. The molecule has 7 nitrogen and oxygen atoms in total. The highest BCUT2D eigenvalue weighted by Gasteiger charge is 2.41. The minimum atomic E-state index is -0.212. The number of hydrogen-bond donors (Lipinski definition) is 1. The number of halogens is 1. The average Bonchev–Trinajstić information content (AvgIpc) is 3.50. The topological polar surface area (TPSA) is 89.7 Å². The number of thiazole rings is 1. The van der Waals surface area contributed by atoms with Crippen LogP contribution in [0.5, 0.6) is 0 Å². The molecule has 0 bridgehead atoms. The second-order valence-corrected chi connectivity index (χ2v) is 8.16. The Morgan fingerprint density at radius 2 is 1.97 bits per heavy atom. The largest absolute Gasteiger partial charge is 0.447 e. The van der Waals surface area contributed by atoms with Crippen molar-refractivity contribution >= 4 is 34.6 Å². The lowest BCUT2D eigenvalue weighted by Crippen LogP contribution is -2.46. The summed E-state index contributed by atoms with van der Waals surface area (Å²) in [5.74, 6) is 0.267. The number of likely N-dealkylation sites (tertiary alicyclic amines) is 1. The van der Waals surface area contributed by atoms with E-state index < -0.39 is 0 Å². The van der Waals surface area contributed by atoms with E-state index in [9.17, 15) is 4.79 Å². The molecule has 5 rings (SSSR count). The molecule has 0 unspecified atom stereocenters. The van der Waals surface area contributed by atoms with E-state index in [1.807, 2.05) is 22.5 Å². The molecule has 9 heteroatoms. The molecular formula is C21H22ClN5O2S. The van der Waals surface area contributed by atoms with Crippen LogP contribution < -0.4 is 5.73 Å². The Balaban J connectivity index is 0.00000218. The van der Waals surface area contributed by atoms with Gasteiger partial charge in [0.1, 0.15) is 6.26 Å². The standard InChI is InChI=1S/C21H21N5O2S.ClH/c22-12-18-23-16(14-28-18)19(27)25-8-6-21(7-9-25,15-4-2-1-3-5-15)17-13-26-10-11-29-20(26)24-17;/h1-5,10-11,13-14H,6-9,12,22H2;1H. The molecule has 1 saturated heterocycles. The van der Waals surface area contributed by atoms with Crippen molar-refractivity contribution in [3.63, 3.8) is 0 Å². The van der Waals surface area contributed by atoms with Crippen molar-refractivity contribution in [3.8, 4) is 0 Å². The van der Waals surface area contributed by atoms with E-state index in [2.05, 4.69) is 39.8 Å². The summed E-state index contributed by atoms with van der Waals surface area (Å²) < 4.78 is 7.31. The molecule has 1 aliphatic rings. The third kappa shape index (κ3) is 3.40. The Morgan fingerprint density at radius 1 is 1.20 bits per heavy atom. The van der Waals surface area contributed by atoms with Crippen LogP contribution >= 0.6 is 23.7 Å². The Kier molecular flexibility index (Phi) is 5.64. The minimum absolute atomic E-state index is 0. The molecule has 1 aromatic carbocycles. The molecule has 1 amide bonds. The van der Waals surface area contributed by atoms with E-state index in [0.29, 0.717) is 24.7 Å². The molecule has 4 heterocycles. The first-order valence-corrected chi connectivity index (χ1v) is 10.5. The van der Waals surface area contributed by atoms with Crippen molar-refractivity contribution in [2.75, 3.05) is 13.1 Å². The summed E-state index contributed by atoms with van der Waals surface area (Å²) in [5, 5.41) is 2.04. The quantitative estimate of drug-likeness (QED) is 0.521. The second-order valence-electron chi connectivity index (χ2n) is 7.29. The van der Waals surface area contributed by atoms with E-state index in [1.165, 1.54) is 11.8 Å². The highest BCUT2D eigenvalue weighted by molar-refractivity contribution is 7.15. The summed E-state index contributed by atoms with van der Waals surface area (Å²) in [7, 11) is 0. The van der Waals surface area contributed by atoms with Gasteiger partial charge in [-0.15, -0.1) is 23.7 Å². The van der Waals surface area contributed by atoms with Gasteiger partial charge < -0.3 is 15.1 Å². The lowest BCUT2D eigenvalue weighted by atomic mass is 9.70. The number of fused-ring (bicyclic) bond motifs is 1. The molecule has 0 aliphatic carbocycles. The van der Waals surface area contributed by atoms with E-state index in [4.69, 9.17) is 15.1 Å². The number of carbonyl (C=O) groups excluding carboxylic acids is 1. The zero-order chi connectivity index (χ0) is 19.8. The normalized spacial score (nSPS) is 15.8. The fourth-order valence-electron chi connectivity index (χ4n) is 4.16. The first kappa shape index (κ1) is 20.6. The molecule has 1 fully saturated rings. The zero-order valence-electron chi connectivity index (χ0n) is 16.2. The summed E-state index contributed by atoms with van der Waals surface area (Å²) in [6, 6.07) is 10.5. The summed E-state index contributed by atoms with van der Waals surface area (Å²) in [6.45, 7) is 1.44. The first-order valence-electron chi connectivity index (χ1n) is 9.61. The van der Waals surface area contributed by atoms with E-state index in [-0.39, 0.29) is 30.3 Å².